The minimum atomic E-state index is -0.965. The van der Waals surface area contributed by atoms with Crippen LogP contribution >= 0.6 is 0 Å². The standard InChI is InChI=1S/C12H22O5/c1-5-12(3,4)6-11(15)17-8-10(14)7-16-9(2)13/h10,14H,5-8H2,1-4H3. The summed E-state index contributed by atoms with van der Waals surface area (Å²) < 4.78 is 9.47. The molecule has 0 heterocycles. The van der Waals surface area contributed by atoms with Crippen LogP contribution in [0.4, 0.5) is 0 Å². The first-order valence-corrected chi connectivity index (χ1v) is 5.74. The van der Waals surface area contributed by atoms with Gasteiger partial charge in [-0.3, -0.25) is 9.59 Å². The van der Waals surface area contributed by atoms with Crippen LogP contribution in [-0.4, -0.2) is 36.4 Å². The van der Waals surface area contributed by atoms with E-state index in [9.17, 15) is 14.7 Å². The number of ether oxygens (including phenoxy) is 2. The molecule has 5 nitrogen and oxygen atoms in total. The van der Waals surface area contributed by atoms with Crippen molar-refractivity contribution in [3.05, 3.63) is 0 Å². The number of hydrogen-bond acceptors (Lipinski definition) is 5. The SMILES string of the molecule is CCC(C)(C)CC(=O)OCC(O)COC(C)=O. The molecule has 17 heavy (non-hydrogen) atoms. The van der Waals surface area contributed by atoms with Crippen LogP contribution in [0.25, 0.3) is 0 Å². The molecule has 0 aromatic carbocycles. The third-order valence-electron chi connectivity index (χ3n) is 2.50. The number of carbonyl (C=O) groups excluding carboxylic acids is 2. The molecule has 0 aliphatic carbocycles. The first-order chi connectivity index (χ1) is 7.76. The molecule has 0 aromatic rings. The van der Waals surface area contributed by atoms with E-state index in [0.29, 0.717) is 6.42 Å². The highest BCUT2D eigenvalue weighted by Crippen LogP contribution is 2.24. The third kappa shape index (κ3) is 8.68. The molecule has 0 spiro atoms. The average Bonchev–Trinajstić information content (AvgIpc) is 2.23. The van der Waals surface area contributed by atoms with Gasteiger partial charge in [-0.25, -0.2) is 0 Å². The largest absolute Gasteiger partial charge is 0.463 e. The molecule has 1 atom stereocenters. The lowest BCUT2D eigenvalue weighted by Gasteiger charge is -2.21. The fourth-order valence-corrected chi connectivity index (χ4v) is 1.02. The normalized spacial score (nSPS) is 13.0. The lowest BCUT2D eigenvalue weighted by Crippen LogP contribution is -2.26. The minimum Gasteiger partial charge on any atom is -0.463 e. The second-order valence-corrected chi connectivity index (χ2v) is 4.83. The molecule has 0 aliphatic heterocycles. The number of aliphatic hydroxyl groups is 1. The van der Waals surface area contributed by atoms with Crippen LogP contribution in [0.2, 0.25) is 0 Å². The Morgan fingerprint density at radius 3 is 2.24 bits per heavy atom. The van der Waals surface area contributed by atoms with Crippen LogP contribution < -0.4 is 0 Å². The van der Waals surface area contributed by atoms with Gasteiger partial charge in [0, 0.05) is 6.92 Å². The Bertz CT molecular complexity index is 260. The highest BCUT2D eigenvalue weighted by Gasteiger charge is 2.21. The van der Waals surface area contributed by atoms with Crippen molar-refractivity contribution < 1.29 is 24.2 Å². The summed E-state index contributed by atoms with van der Waals surface area (Å²) in [5.41, 5.74) is -0.0993. The van der Waals surface area contributed by atoms with Crippen LogP contribution in [0.1, 0.15) is 40.5 Å². The number of carbonyl (C=O) groups is 2. The van der Waals surface area contributed by atoms with Crippen LogP contribution in [0.15, 0.2) is 0 Å². The fraction of sp³-hybridized carbons (Fsp3) is 0.833. The van der Waals surface area contributed by atoms with E-state index in [-0.39, 0.29) is 24.6 Å². The quantitative estimate of drug-likeness (QED) is 0.685. The molecule has 1 unspecified atom stereocenters. The van der Waals surface area contributed by atoms with Gasteiger partial charge in [0.05, 0.1) is 6.42 Å². The summed E-state index contributed by atoms with van der Waals surface area (Å²) in [6, 6.07) is 0. The van der Waals surface area contributed by atoms with Crippen molar-refractivity contribution in [2.45, 2.75) is 46.6 Å². The Hall–Kier alpha value is -1.10. The smallest absolute Gasteiger partial charge is 0.306 e. The van der Waals surface area contributed by atoms with Gasteiger partial charge in [-0.2, -0.15) is 0 Å². The summed E-state index contributed by atoms with van der Waals surface area (Å²) in [5.74, 6) is -0.818. The van der Waals surface area contributed by atoms with Gasteiger partial charge in [-0.1, -0.05) is 27.2 Å². The number of esters is 2. The summed E-state index contributed by atoms with van der Waals surface area (Å²) in [4.78, 5) is 21.9. The summed E-state index contributed by atoms with van der Waals surface area (Å²) in [6.07, 6.45) is 0.217. The van der Waals surface area contributed by atoms with Crippen LogP contribution in [0, 0.1) is 5.41 Å². The Morgan fingerprint density at radius 1 is 1.24 bits per heavy atom. The summed E-state index contributed by atoms with van der Waals surface area (Å²) in [5, 5.41) is 9.35. The van der Waals surface area contributed by atoms with Gasteiger partial charge in [0.15, 0.2) is 0 Å². The molecule has 0 aromatic heterocycles. The van der Waals surface area contributed by atoms with E-state index in [0.717, 1.165) is 6.42 Å². The van der Waals surface area contributed by atoms with E-state index in [1.165, 1.54) is 6.92 Å². The van der Waals surface area contributed by atoms with Crippen molar-refractivity contribution in [1.82, 2.24) is 0 Å². The van der Waals surface area contributed by atoms with Crippen LogP contribution in [-0.2, 0) is 19.1 Å². The maximum absolute atomic E-state index is 11.4. The first-order valence-electron chi connectivity index (χ1n) is 5.74. The van der Waals surface area contributed by atoms with Gasteiger partial charge in [0.2, 0.25) is 0 Å². The maximum atomic E-state index is 11.4. The molecule has 0 radical (unpaired) electrons. The molecule has 0 saturated carbocycles. The lowest BCUT2D eigenvalue weighted by atomic mass is 9.87. The molecular weight excluding hydrogens is 224 g/mol. The topological polar surface area (TPSA) is 72.8 Å². The number of rotatable bonds is 7. The van der Waals surface area contributed by atoms with E-state index in [2.05, 4.69) is 4.74 Å². The zero-order chi connectivity index (χ0) is 13.5. The van der Waals surface area contributed by atoms with Crippen LogP contribution in [0.5, 0.6) is 0 Å². The zero-order valence-corrected chi connectivity index (χ0v) is 11.0. The average molecular weight is 246 g/mol. The van der Waals surface area contributed by atoms with E-state index < -0.39 is 12.1 Å². The third-order valence-corrected chi connectivity index (χ3v) is 2.50. The van der Waals surface area contributed by atoms with E-state index in [1.807, 2.05) is 20.8 Å². The van der Waals surface area contributed by atoms with Crippen molar-refractivity contribution in [3.63, 3.8) is 0 Å². The van der Waals surface area contributed by atoms with Gasteiger partial charge < -0.3 is 14.6 Å². The minimum absolute atomic E-state index is 0.0993. The monoisotopic (exact) mass is 246 g/mol. The Balaban J connectivity index is 3.80. The number of aliphatic hydroxyl groups excluding tert-OH is 1. The zero-order valence-electron chi connectivity index (χ0n) is 11.0. The van der Waals surface area contributed by atoms with E-state index >= 15 is 0 Å². The summed E-state index contributed by atoms with van der Waals surface area (Å²) in [7, 11) is 0. The summed E-state index contributed by atoms with van der Waals surface area (Å²) >= 11 is 0. The van der Waals surface area contributed by atoms with Gasteiger partial charge in [0.25, 0.3) is 0 Å². The van der Waals surface area contributed by atoms with Gasteiger partial charge >= 0.3 is 11.9 Å². The molecule has 5 heteroatoms. The van der Waals surface area contributed by atoms with Crippen molar-refractivity contribution in [1.29, 1.82) is 0 Å². The highest BCUT2D eigenvalue weighted by molar-refractivity contribution is 5.70. The molecular formula is C12H22O5. The number of hydrogen-bond donors (Lipinski definition) is 1. The molecule has 0 fully saturated rings. The van der Waals surface area contributed by atoms with Crippen LogP contribution in [0.3, 0.4) is 0 Å². The van der Waals surface area contributed by atoms with Crippen molar-refractivity contribution >= 4 is 11.9 Å². The second kappa shape index (κ2) is 7.27. The predicted molar refractivity (Wildman–Crippen MR) is 62.3 cm³/mol. The molecule has 0 saturated heterocycles. The van der Waals surface area contributed by atoms with Crippen molar-refractivity contribution in [3.8, 4) is 0 Å². The summed E-state index contributed by atoms with van der Waals surface area (Å²) in [6.45, 7) is 6.91. The van der Waals surface area contributed by atoms with Crippen molar-refractivity contribution in [2.75, 3.05) is 13.2 Å². The fourth-order valence-electron chi connectivity index (χ4n) is 1.02. The molecule has 0 amide bonds. The Labute approximate surface area is 102 Å². The van der Waals surface area contributed by atoms with Gasteiger partial charge in [-0.15, -0.1) is 0 Å². The Kier molecular flexibility index (Phi) is 6.80. The molecule has 1 N–H and O–H groups in total. The van der Waals surface area contributed by atoms with Gasteiger partial charge in [0.1, 0.15) is 19.3 Å². The molecule has 0 rings (SSSR count). The first kappa shape index (κ1) is 15.9. The van der Waals surface area contributed by atoms with Gasteiger partial charge in [-0.05, 0) is 5.41 Å². The predicted octanol–water partition coefficient (Wildman–Crippen LogP) is 1.28. The molecule has 0 bridgehead atoms. The van der Waals surface area contributed by atoms with E-state index in [1.54, 1.807) is 0 Å². The Morgan fingerprint density at radius 2 is 1.76 bits per heavy atom. The lowest BCUT2D eigenvalue weighted by molar-refractivity contribution is -0.152. The second-order valence-electron chi connectivity index (χ2n) is 4.83. The van der Waals surface area contributed by atoms with E-state index in [4.69, 9.17) is 4.74 Å². The molecule has 100 valence electrons. The highest BCUT2D eigenvalue weighted by atomic mass is 16.6. The van der Waals surface area contributed by atoms with Crippen molar-refractivity contribution in [2.24, 2.45) is 5.41 Å². The maximum Gasteiger partial charge on any atom is 0.306 e. The molecule has 0 aliphatic rings.